The molecule has 0 heterocycles. The Labute approximate surface area is 40.5 Å². The maximum atomic E-state index is 8.06. The molecule has 0 aliphatic carbocycles. The van der Waals surface area contributed by atoms with E-state index < -0.39 is 19.3 Å². The SMILES string of the molecule is C[SiH2]O[SiH](O)O. The van der Waals surface area contributed by atoms with Crippen LogP contribution < -0.4 is 0 Å². The van der Waals surface area contributed by atoms with Gasteiger partial charge in [-0.1, -0.05) is 6.55 Å². The third-order valence-electron chi connectivity index (χ3n) is 0.316. The molecule has 0 unspecified atom stereocenters. The van der Waals surface area contributed by atoms with Crippen molar-refractivity contribution in [1.29, 1.82) is 0 Å². The van der Waals surface area contributed by atoms with Gasteiger partial charge in [0.2, 0.25) is 0 Å². The van der Waals surface area contributed by atoms with Crippen LogP contribution >= 0.6 is 0 Å². The van der Waals surface area contributed by atoms with Crippen molar-refractivity contribution in [2.75, 3.05) is 0 Å². The van der Waals surface area contributed by atoms with Gasteiger partial charge >= 0.3 is 9.53 Å². The Kier molecular flexibility index (Phi) is 3.69. The minimum Gasteiger partial charge on any atom is -0.424 e. The van der Waals surface area contributed by atoms with Crippen LogP contribution in [0.3, 0.4) is 0 Å². The lowest BCUT2D eigenvalue weighted by molar-refractivity contribution is 0.296. The number of hydrogen-bond donors (Lipinski definition) is 2. The lowest BCUT2D eigenvalue weighted by Crippen LogP contribution is -2.17. The third-order valence-corrected chi connectivity index (χ3v) is 2.84. The van der Waals surface area contributed by atoms with Crippen molar-refractivity contribution < 1.29 is 13.7 Å². The third kappa shape index (κ3) is 4.31. The molecule has 0 aromatic carbocycles. The molecule has 0 saturated carbocycles. The van der Waals surface area contributed by atoms with Crippen LogP contribution in [0.15, 0.2) is 0 Å². The molecule has 0 spiro atoms. The first-order valence-electron chi connectivity index (χ1n) is 1.75. The molecule has 0 atom stereocenters. The van der Waals surface area contributed by atoms with Crippen LogP contribution in [-0.2, 0) is 4.12 Å². The lowest BCUT2D eigenvalue weighted by atomic mass is 11.9. The fourth-order valence-corrected chi connectivity index (χ4v) is 1.34. The topological polar surface area (TPSA) is 49.7 Å². The smallest absolute Gasteiger partial charge is 0.424 e. The molecule has 3 nitrogen and oxygen atoms in total. The first-order chi connectivity index (χ1) is 2.77. The highest BCUT2D eigenvalue weighted by Gasteiger charge is 1.95. The zero-order valence-corrected chi connectivity index (χ0v) is 6.16. The molecule has 38 valence electrons. The molecule has 2 N–H and O–H groups in total. The summed E-state index contributed by atoms with van der Waals surface area (Å²) in [6.07, 6.45) is 0. The van der Waals surface area contributed by atoms with Gasteiger partial charge in [-0.3, -0.25) is 0 Å². The predicted molar refractivity (Wildman–Crippen MR) is 27.1 cm³/mol. The van der Waals surface area contributed by atoms with E-state index in [4.69, 9.17) is 9.59 Å². The fraction of sp³-hybridized carbons (Fsp3) is 1.00. The van der Waals surface area contributed by atoms with Crippen LogP contribution in [0.25, 0.3) is 0 Å². The number of hydrogen-bond acceptors (Lipinski definition) is 3. The average Bonchev–Trinajstić information content (AvgIpc) is 1.35. The quantitative estimate of drug-likeness (QED) is 0.412. The molecule has 0 rings (SSSR count). The minimum atomic E-state index is -2.61. The Balaban J connectivity index is 2.63. The molecule has 0 aliphatic heterocycles. The summed E-state index contributed by atoms with van der Waals surface area (Å²) < 4.78 is 4.43. The zero-order valence-electron chi connectivity index (χ0n) is 3.59. The molecular formula is CH8O3Si2. The fourth-order valence-electron chi connectivity index (χ4n) is 0.149. The van der Waals surface area contributed by atoms with Crippen molar-refractivity contribution in [1.82, 2.24) is 0 Å². The second-order valence-corrected chi connectivity index (χ2v) is 3.34. The van der Waals surface area contributed by atoms with Crippen molar-refractivity contribution in [3.05, 3.63) is 0 Å². The molecule has 5 heteroatoms. The normalized spacial score (nSPS) is 12.0. The summed E-state index contributed by atoms with van der Waals surface area (Å²) in [4.78, 5) is 16.1. The zero-order chi connectivity index (χ0) is 4.99. The number of rotatable bonds is 2. The highest BCUT2D eigenvalue weighted by atomic mass is 28.4. The van der Waals surface area contributed by atoms with E-state index in [0.717, 1.165) is 0 Å². The van der Waals surface area contributed by atoms with Crippen LogP contribution in [0.5, 0.6) is 0 Å². The lowest BCUT2D eigenvalue weighted by Gasteiger charge is -1.95. The van der Waals surface area contributed by atoms with Gasteiger partial charge in [0, 0.05) is 0 Å². The summed E-state index contributed by atoms with van der Waals surface area (Å²) in [5.41, 5.74) is 0. The molecular weight excluding hydrogens is 116 g/mol. The summed E-state index contributed by atoms with van der Waals surface area (Å²) in [6.45, 7) is 1.85. The van der Waals surface area contributed by atoms with Gasteiger partial charge in [0.05, 0.1) is 0 Å². The highest BCUT2D eigenvalue weighted by Crippen LogP contribution is 1.66. The summed E-state index contributed by atoms with van der Waals surface area (Å²) >= 11 is 0. The van der Waals surface area contributed by atoms with Crippen molar-refractivity contribution in [3.63, 3.8) is 0 Å². The Morgan fingerprint density at radius 2 is 2.17 bits per heavy atom. The van der Waals surface area contributed by atoms with Crippen molar-refractivity contribution >= 4 is 19.3 Å². The molecule has 0 aromatic rings. The second-order valence-electron chi connectivity index (χ2n) is 0.782. The standard InChI is InChI=1S/CH8O3Si2/c1-5-4-6(2)3/h2-3,6H,5H2,1H3. The van der Waals surface area contributed by atoms with Crippen molar-refractivity contribution in [2.45, 2.75) is 6.55 Å². The summed E-state index contributed by atoms with van der Waals surface area (Å²) in [6, 6.07) is 0. The highest BCUT2D eigenvalue weighted by molar-refractivity contribution is 6.45. The van der Waals surface area contributed by atoms with Crippen LogP contribution in [0, 0.1) is 0 Å². The van der Waals surface area contributed by atoms with E-state index in [9.17, 15) is 0 Å². The largest absolute Gasteiger partial charge is 0.467 e. The molecule has 0 saturated heterocycles. The van der Waals surface area contributed by atoms with E-state index in [1.165, 1.54) is 0 Å². The average molecular weight is 124 g/mol. The monoisotopic (exact) mass is 124 g/mol. The van der Waals surface area contributed by atoms with E-state index in [2.05, 4.69) is 4.12 Å². The minimum absolute atomic E-state index is 0.572. The van der Waals surface area contributed by atoms with Gasteiger partial charge in [-0.05, 0) is 0 Å². The van der Waals surface area contributed by atoms with Gasteiger partial charge < -0.3 is 13.7 Å². The molecule has 0 amide bonds. The predicted octanol–water partition coefficient (Wildman–Crippen LogP) is -2.16. The van der Waals surface area contributed by atoms with Gasteiger partial charge in [0.1, 0.15) is 9.76 Å². The van der Waals surface area contributed by atoms with Gasteiger partial charge in [-0.2, -0.15) is 0 Å². The Bertz CT molecular complexity index is 30.0. The first-order valence-corrected chi connectivity index (χ1v) is 5.24. The van der Waals surface area contributed by atoms with Crippen molar-refractivity contribution in [2.24, 2.45) is 0 Å². The molecule has 0 bridgehead atoms. The van der Waals surface area contributed by atoms with Gasteiger partial charge in [-0.15, -0.1) is 0 Å². The van der Waals surface area contributed by atoms with Crippen LogP contribution in [0.1, 0.15) is 0 Å². The van der Waals surface area contributed by atoms with E-state index in [0.29, 0.717) is 0 Å². The van der Waals surface area contributed by atoms with Gasteiger partial charge in [0.15, 0.2) is 0 Å². The maximum Gasteiger partial charge on any atom is 0.467 e. The Morgan fingerprint density at radius 3 is 2.17 bits per heavy atom. The van der Waals surface area contributed by atoms with Gasteiger partial charge in [0.25, 0.3) is 0 Å². The van der Waals surface area contributed by atoms with E-state index in [1.54, 1.807) is 0 Å². The maximum absolute atomic E-state index is 8.06. The summed E-state index contributed by atoms with van der Waals surface area (Å²) in [7, 11) is -3.18. The van der Waals surface area contributed by atoms with Crippen LogP contribution in [0.4, 0.5) is 0 Å². The second kappa shape index (κ2) is 3.50. The van der Waals surface area contributed by atoms with Gasteiger partial charge in [-0.25, -0.2) is 0 Å². The summed E-state index contributed by atoms with van der Waals surface area (Å²) in [5, 5.41) is 0. The molecule has 0 aliphatic rings. The first kappa shape index (κ1) is 6.31. The van der Waals surface area contributed by atoms with Crippen LogP contribution in [-0.4, -0.2) is 28.9 Å². The van der Waals surface area contributed by atoms with Crippen LogP contribution in [0.2, 0.25) is 6.55 Å². The molecule has 6 heavy (non-hydrogen) atoms. The molecule has 0 aromatic heterocycles. The molecule has 0 fully saturated rings. The molecule has 0 radical (unpaired) electrons. The Morgan fingerprint density at radius 1 is 1.67 bits per heavy atom. The van der Waals surface area contributed by atoms with E-state index in [-0.39, 0.29) is 0 Å². The van der Waals surface area contributed by atoms with Crippen molar-refractivity contribution in [3.8, 4) is 0 Å². The van der Waals surface area contributed by atoms with E-state index in [1.807, 2.05) is 6.55 Å². The summed E-state index contributed by atoms with van der Waals surface area (Å²) in [5.74, 6) is 0. The Hall–Kier alpha value is 0.314. The van der Waals surface area contributed by atoms with E-state index >= 15 is 0 Å².